The topological polar surface area (TPSA) is 35.5 Å². The SMILES string of the molecule is CCN1CC(C)(C)NCC1CCO. The number of likely N-dealkylation sites (N-methyl/N-ethyl adjacent to an activating group) is 1. The highest BCUT2D eigenvalue weighted by Crippen LogP contribution is 2.16. The molecule has 0 aliphatic carbocycles. The Labute approximate surface area is 81.1 Å². The van der Waals surface area contributed by atoms with Crippen LogP contribution in [0.5, 0.6) is 0 Å². The molecule has 0 aromatic rings. The molecule has 13 heavy (non-hydrogen) atoms. The first-order valence-corrected chi connectivity index (χ1v) is 5.19. The van der Waals surface area contributed by atoms with Crippen LogP contribution in [0.4, 0.5) is 0 Å². The van der Waals surface area contributed by atoms with Gasteiger partial charge in [0.1, 0.15) is 0 Å². The Morgan fingerprint density at radius 1 is 1.54 bits per heavy atom. The maximum atomic E-state index is 8.91. The monoisotopic (exact) mass is 186 g/mol. The van der Waals surface area contributed by atoms with Gasteiger partial charge in [0, 0.05) is 31.3 Å². The maximum absolute atomic E-state index is 8.91. The van der Waals surface area contributed by atoms with Crippen molar-refractivity contribution in [2.75, 3.05) is 26.2 Å². The molecule has 3 heteroatoms. The van der Waals surface area contributed by atoms with Crippen LogP contribution in [-0.2, 0) is 0 Å². The second kappa shape index (κ2) is 4.40. The minimum atomic E-state index is 0.224. The standard InChI is InChI=1S/C10H22N2O/c1-4-12-8-10(2,3)11-7-9(12)5-6-13/h9,11,13H,4-8H2,1-3H3. The zero-order valence-corrected chi connectivity index (χ0v) is 9.01. The number of hydrogen-bond donors (Lipinski definition) is 2. The van der Waals surface area contributed by atoms with Crippen molar-refractivity contribution in [3.63, 3.8) is 0 Å². The van der Waals surface area contributed by atoms with Crippen LogP contribution < -0.4 is 5.32 Å². The van der Waals surface area contributed by atoms with Crippen molar-refractivity contribution in [1.82, 2.24) is 10.2 Å². The Bertz CT molecular complexity index is 159. The number of rotatable bonds is 3. The highest BCUT2D eigenvalue weighted by Gasteiger charge is 2.30. The summed E-state index contributed by atoms with van der Waals surface area (Å²) in [7, 11) is 0. The molecule has 1 unspecified atom stereocenters. The normalized spacial score (nSPS) is 29.1. The van der Waals surface area contributed by atoms with Crippen LogP contribution in [0.3, 0.4) is 0 Å². The molecule has 1 saturated heterocycles. The fourth-order valence-corrected chi connectivity index (χ4v) is 2.02. The third-order valence-corrected chi connectivity index (χ3v) is 2.80. The molecule has 0 aromatic heterocycles. The lowest BCUT2D eigenvalue weighted by molar-refractivity contribution is 0.0830. The predicted molar refractivity (Wildman–Crippen MR) is 54.8 cm³/mol. The van der Waals surface area contributed by atoms with Gasteiger partial charge < -0.3 is 10.4 Å². The van der Waals surface area contributed by atoms with Gasteiger partial charge in [-0.15, -0.1) is 0 Å². The Balaban J connectivity index is 2.50. The summed E-state index contributed by atoms with van der Waals surface area (Å²) in [6.07, 6.45) is 0.886. The largest absolute Gasteiger partial charge is 0.396 e. The van der Waals surface area contributed by atoms with Gasteiger partial charge >= 0.3 is 0 Å². The molecule has 2 N–H and O–H groups in total. The Morgan fingerprint density at radius 2 is 2.23 bits per heavy atom. The highest BCUT2D eigenvalue weighted by molar-refractivity contribution is 4.91. The van der Waals surface area contributed by atoms with Crippen LogP contribution >= 0.6 is 0 Å². The summed E-state index contributed by atoms with van der Waals surface area (Å²) in [6.45, 7) is 10.1. The molecule has 0 bridgehead atoms. The maximum Gasteiger partial charge on any atom is 0.0446 e. The van der Waals surface area contributed by atoms with Crippen LogP contribution in [0.2, 0.25) is 0 Å². The molecule has 3 nitrogen and oxygen atoms in total. The van der Waals surface area contributed by atoms with Gasteiger partial charge in [0.2, 0.25) is 0 Å². The van der Waals surface area contributed by atoms with Crippen LogP contribution in [0.1, 0.15) is 27.2 Å². The Hall–Kier alpha value is -0.120. The molecule has 0 saturated carbocycles. The molecular weight excluding hydrogens is 164 g/mol. The average Bonchev–Trinajstić information content (AvgIpc) is 2.08. The molecule has 1 fully saturated rings. The van der Waals surface area contributed by atoms with Gasteiger partial charge in [0.25, 0.3) is 0 Å². The number of aliphatic hydroxyl groups excluding tert-OH is 1. The van der Waals surface area contributed by atoms with Crippen molar-refractivity contribution in [2.24, 2.45) is 0 Å². The van der Waals surface area contributed by atoms with Crippen molar-refractivity contribution in [3.8, 4) is 0 Å². The summed E-state index contributed by atoms with van der Waals surface area (Å²) >= 11 is 0. The molecule has 1 aliphatic heterocycles. The van der Waals surface area contributed by atoms with E-state index in [0.29, 0.717) is 12.6 Å². The van der Waals surface area contributed by atoms with E-state index in [4.69, 9.17) is 5.11 Å². The van der Waals surface area contributed by atoms with E-state index in [9.17, 15) is 0 Å². The van der Waals surface area contributed by atoms with Gasteiger partial charge in [0.15, 0.2) is 0 Å². The fraction of sp³-hybridized carbons (Fsp3) is 1.00. The van der Waals surface area contributed by atoms with Crippen LogP contribution in [0.15, 0.2) is 0 Å². The molecule has 1 heterocycles. The van der Waals surface area contributed by atoms with E-state index in [1.807, 2.05) is 0 Å². The lowest BCUT2D eigenvalue weighted by atomic mass is 9.97. The lowest BCUT2D eigenvalue weighted by Gasteiger charge is -2.44. The summed E-state index contributed by atoms with van der Waals surface area (Å²) in [5, 5.41) is 12.4. The molecule has 78 valence electrons. The summed E-state index contributed by atoms with van der Waals surface area (Å²) in [5.74, 6) is 0. The number of piperazine rings is 1. The fourth-order valence-electron chi connectivity index (χ4n) is 2.02. The second-order valence-electron chi connectivity index (χ2n) is 4.49. The van der Waals surface area contributed by atoms with E-state index < -0.39 is 0 Å². The lowest BCUT2D eigenvalue weighted by Crippen LogP contribution is -2.61. The second-order valence-corrected chi connectivity index (χ2v) is 4.49. The van der Waals surface area contributed by atoms with E-state index >= 15 is 0 Å². The van der Waals surface area contributed by atoms with E-state index in [1.165, 1.54) is 0 Å². The smallest absolute Gasteiger partial charge is 0.0446 e. The Kier molecular flexibility index (Phi) is 3.71. The third kappa shape index (κ3) is 2.93. The van der Waals surface area contributed by atoms with E-state index in [1.54, 1.807) is 0 Å². The summed E-state index contributed by atoms with van der Waals surface area (Å²) < 4.78 is 0. The predicted octanol–water partition coefficient (Wildman–Crippen LogP) is 0.441. The van der Waals surface area contributed by atoms with Crippen LogP contribution in [0, 0.1) is 0 Å². The first kappa shape index (κ1) is 11.0. The van der Waals surface area contributed by atoms with E-state index in [2.05, 4.69) is 31.0 Å². The van der Waals surface area contributed by atoms with Crippen LogP contribution in [0.25, 0.3) is 0 Å². The molecule has 0 spiro atoms. The minimum Gasteiger partial charge on any atom is -0.396 e. The van der Waals surface area contributed by atoms with E-state index in [0.717, 1.165) is 26.1 Å². The van der Waals surface area contributed by atoms with Crippen molar-refractivity contribution >= 4 is 0 Å². The number of nitrogens with one attached hydrogen (secondary N) is 1. The van der Waals surface area contributed by atoms with Crippen molar-refractivity contribution in [1.29, 1.82) is 0 Å². The first-order chi connectivity index (χ1) is 6.09. The average molecular weight is 186 g/mol. The quantitative estimate of drug-likeness (QED) is 0.671. The highest BCUT2D eigenvalue weighted by atomic mass is 16.3. The van der Waals surface area contributed by atoms with Gasteiger partial charge in [-0.25, -0.2) is 0 Å². The van der Waals surface area contributed by atoms with Gasteiger partial charge in [-0.3, -0.25) is 4.90 Å². The molecule has 1 aliphatic rings. The molecule has 0 radical (unpaired) electrons. The molecular formula is C10H22N2O. The van der Waals surface area contributed by atoms with Gasteiger partial charge in [-0.2, -0.15) is 0 Å². The van der Waals surface area contributed by atoms with Gasteiger partial charge in [0.05, 0.1) is 0 Å². The number of aliphatic hydroxyl groups is 1. The minimum absolute atomic E-state index is 0.224. The summed E-state index contributed by atoms with van der Waals surface area (Å²) in [5.41, 5.74) is 0.224. The summed E-state index contributed by atoms with van der Waals surface area (Å²) in [6, 6.07) is 0.517. The van der Waals surface area contributed by atoms with Crippen LogP contribution in [-0.4, -0.2) is 47.8 Å². The zero-order valence-electron chi connectivity index (χ0n) is 9.01. The Morgan fingerprint density at radius 3 is 2.77 bits per heavy atom. The summed E-state index contributed by atoms with van der Waals surface area (Å²) in [4.78, 5) is 2.45. The van der Waals surface area contributed by atoms with Crippen molar-refractivity contribution < 1.29 is 5.11 Å². The van der Waals surface area contributed by atoms with Gasteiger partial charge in [-0.1, -0.05) is 6.92 Å². The van der Waals surface area contributed by atoms with Gasteiger partial charge in [-0.05, 0) is 26.8 Å². The van der Waals surface area contributed by atoms with Crippen molar-refractivity contribution in [3.05, 3.63) is 0 Å². The number of nitrogens with zero attached hydrogens (tertiary/aromatic N) is 1. The zero-order chi connectivity index (χ0) is 9.90. The number of hydrogen-bond acceptors (Lipinski definition) is 3. The molecule has 1 atom stereocenters. The third-order valence-electron chi connectivity index (χ3n) is 2.80. The first-order valence-electron chi connectivity index (χ1n) is 5.19. The molecule has 0 amide bonds. The van der Waals surface area contributed by atoms with E-state index in [-0.39, 0.29) is 5.54 Å². The molecule has 0 aromatic carbocycles. The molecule has 1 rings (SSSR count). The van der Waals surface area contributed by atoms with Crippen molar-refractivity contribution in [2.45, 2.75) is 38.8 Å².